The molecule has 0 unspecified atom stereocenters. The lowest BCUT2D eigenvalue weighted by atomic mass is 9.90. The van der Waals surface area contributed by atoms with E-state index in [-0.39, 0.29) is 12.0 Å². The van der Waals surface area contributed by atoms with Crippen molar-refractivity contribution in [2.45, 2.75) is 52.1 Å². The van der Waals surface area contributed by atoms with Crippen LogP contribution < -0.4 is 4.74 Å². The molecule has 1 saturated heterocycles. The first-order valence-electron chi connectivity index (χ1n) is 12.5. The lowest BCUT2D eigenvalue weighted by molar-refractivity contribution is 0.0202. The summed E-state index contributed by atoms with van der Waals surface area (Å²) < 4.78 is 17.9. The number of hydrogen-bond donors (Lipinski definition) is 0. The zero-order chi connectivity index (χ0) is 26.7. The highest BCUT2D eigenvalue weighted by atomic mass is 16.6. The van der Waals surface area contributed by atoms with Crippen LogP contribution in [0, 0.1) is 6.92 Å². The second-order valence-electron chi connectivity index (χ2n) is 10.3. The molecule has 0 spiro atoms. The van der Waals surface area contributed by atoms with Gasteiger partial charge in [-0.3, -0.25) is 0 Å². The van der Waals surface area contributed by atoms with Crippen LogP contribution >= 0.6 is 0 Å². The Labute approximate surface area is 218 Å². The van der Waals surface area contributed by atoms with Gasteiger partial charge in [0.25, 0.3) is 0 Å². The quantitative estimate of drug-likeness (QED) is 0.410. The fourth-order valence-corrected chi connectivity index (χ4v) is 4.57. The number of carbonyl (C=O) groups excluding carboxylic acids is 2. The summed E-state index contributed by atoms with van der Waals surface area (Å²) in [6, 6.07) is 15.6. The predicted octanol–water partition coefficient (Wildman–Crippen LogP) is 5.76. The van der Waals surface area contributed by atoms with Crippen LogP contribution in [0.25, 0.3) is 16.9 Å². The average Bonchev–Trinajstić information content (AvgIpc) is 3.28. The monoisotopic (exact) mass is 505 g/mol. The molecule has 37 heavy (non-hydrogen) atoms. The minimum absolute atomic E-state index is 0.0171. The number of aryl methyl sites for hydroxylation is 1. The Bertz CT molecular complexity index is 1250. The largest absolute Gasteiger partial charge is 0.497 e. The van der Waals surface area contributed by atoms with Crippen LogP contribution in [0.15, 0.2) is 48.5 Å². The molecule has 1 fully saturated rings. The SMILES string of the molecule is COC(=O)c1c(C2CCN(C(=O)OC(C)(C)C)CC2)nn(-c2ccc(OC)cc2)c1-c1ccc(C)cc1. The topological polar surface area (TPSA) is 82.9 Å². The lowest BCUT2D eigenvalue weighted by Crippen LogP contribution is -2.41. The second kappa shape index (κ2) is 10.7. The van der Waals surface area contributed by atoms with Gasteiger partial charge in [-0.15, -0.1) is 0 Å². The van der Waals surface area contributed by atoms with Gasteiger partial charge in [0.1, 0.15) is 16.9 Å². The van der Waals surface area contributed by atoms with E-state index in [1.54, 1.807) is 12.0 Å². The van der Waals surface area contributed by atoms with Gasteiger partial charge in [0, 0.05) is 24.6 Å². The number of aromatic nitrogens is 2. The van der Waals surface area contributed by atoms with Crippen molar-refractivity contribution in [3.05, 3.63) is 65.4 Å². The molecule has 8 nitrogen and oxygen atoms in total. The zero-order valence-electron chi connectivity index (χ0n) is 22.4. The Morgan fingerprint density at radius 2 is 1.57 bits per heavy atom. The highest BCUT2D eigenvalue weighted by Gasteiger charge is 2.34. The molecule has 0 bridgehead atoms. The summed E-state index contributed by atoms with van der Waals surface area (Å²) in [6.07, 6.45) is 1.01. The van der Waals surface area contributed by atoms with E-state index in [9.17, 15) is 9.59 Å². The Morgan fingerprint density at radius 3 is 2.11 bits per heavy atom. The summed E-state index contributed by atoms with van der Waals surface area (Å²) in [4.78, 5) is 27.5. The van der Waals surface area contributed by atoms with Gasteiger partial charge in [0.2, 0.25) is 0 Å². The third-order valence-electron chi connectivity index (χ3n) is 6.48. The maximum absolute atomic E-state index is 13.2. The molecule has 8 heteroatoms. The second-order valence-corrected chi connectivity index (χ2v) is 10.3. The van der Waals surface area contributed by atoms with Crippen molar-refractivity contribution >= 4 is 12.1 Å². The van der Waals surface area contributed by atoms with E-state index in [4.69, 9.17) is 19.3 Å². The highest BCUT2D eigenvalue weighted by molar-refractivity contribution is 5.98. The molecule has 0 aliphatic carbocycles. The van der Waals surface area contributed by atoms with Gasteiger partial charge in [0.15, 0.2) is 0 Å². The molecule has 0 N–H and O–H groups in total. The molecule has 196 valence electrons. The van der Waals surface area contributed by atoms with Crippen LogP contribution in [-0.4, -0.2) is 59.7 Å². The number of ether oxygens (including phenoxy) is 3. The third kappa shape index (κ3) is 5.79. The number of esters is 1. The molecule has 0 atom stereocenters. The van der Waals surface area contributed by atoms with Gasteiger partial charge in [-0.1, -0.05) is 29.8 Å². The lowest BCUT2D eigenvalue weighted by Gasteiger charge is -2.33. The summed E-state index contributed by atoms with van der Waals surface area (Å²) >= 11 is 0. The molecule has 2 aromatic carbocycles. The zero-order valence-corrected chi connectivity index (χ0v) is 22.4. The number of piperidine rings is 1. The van der Waals surface area contributed by atoms with E-state index in [1.807, 2.05) is 80.9 Å². The highest BCUT2D eigenvalue weighted by Crippen LogP contribution is 2.37. The predicted molar refractivity (Wildman–Crippen MR) is 141 cm³/mol. The van der Waals surface area contributed by atoms with Crippen molar-refractivity contribution in [2.24, 2.45) is 0 Å². The van der Waals surface area contributed by atoms with Crippen molar-refractivity contribution < 1.29 is 23.8 Å². The molecular weight excluding hydrogens is 470 g/mol. The molecule has 3 aromatic rings. The average molecular weight is 506 g/mol. The third-order valence-corrected chi connectivity index (χ3v) is 6.48. The van der Waals surface area contributed by atoms with Crippen molar-refractivity contribution in [1.82, 2.24) is 14.7 Å². The molecular formula is C29H35N3O5. The molecule has 1 amide bonds. The van der Waals surface area contributed by atoms with Gasteiger partial charge < -0.3 is 19.1 Å². The molecule has 0 radical (unpaired) electrons. The van der Waals surface area contributed by atoms with Crippen molar-refractivity contribution in [3.63, 3.8) is 0 Å². The normalized spacial score (nSPS) is 14.4. The van der Waals surface area contributed by atoms with Crippen LogP contribution in [0.5, 0.6) is 5.75 Å². The number of nitrogens with zero attached hydrogens (tertiary/aromatic N) is 3. The minimum Gasteiger partial charge on any atom is -0.497 e. The number of amides is 1. The van der Waals surface area contributed by atoms with E-state index in [0.717, 1.165) is 22.6 Å². The van der Waals surface area contributed by atoms with Crippen LogP contribution in [0.3, 0.4) is 0 Å². The first kappa shape index (κ1) is 26.3. The standard InChI is InChI=1S/C29H35N3O5/c1-19-7-9-21(10-8-19)26-24(27(33)36-6)25(30-32(26)22-11-13-23(35-5)14-12-22)20-15-17-31(18-16-20)28(34)37-29(2,3)4/h7-14,20H,15-18H2,1-6H3. The fraction of sp³-hybridized carbons (Fsp3) is 0.414. The number of methoxy groups -OCH3 is 2. The number of hydrogen-bond acceptors (Lipinski definition) is 6. The Hall–Kier alpha value is -3.81. The van der Waals surface area contributed by atoms with Gasteiger partial charge >= 0.3 is 12.1 Å². The van der Waals surface area contributed by atoms with Gasteiger partial charge in [0.05, 0.1) is 31.3 Å². The maximum atomic E-state index is 13.2. The van der Waals surface area contributed by atoms with E-state index >= 15 is 0 Å². The molecule has 1 aliphatic heterocycles. The van der Waals surface area contributed by atoms with E-state index in [0.29, 0.717) is 42.9 Å². The molecule has 1 aliphatic rings. The van der Waals surface area contributed by atoms with E-state index < -0.39 is 11.6 Å². The Balaban J connectivity index is 1.76. The van der Waals surface area contributed by atoms with Crippen LogP contribution in [0.2, 0.25) is 0 Å². The van der Waals surface area contributed by atoms with Gasteiger partial charge in [-0.05, 0) is 64.8 Å². The molecule has 4 rings (SSSR count). The van der Waals surface area contributed by atoms with Crippen molar-refractivity contribution in [1.29, 1.82) is 0 Å². The summed E-state index contributed by atoms with van der Waals surface area (Å²) in [5, 5.41) is 5.00. The Kier molecular flexibility index (Phi) is 7.57. The Morgan fingerprint density at radius 1 is 0.946 bits per heavy atom. The molecule has 2 heterocycles. The number of benzene rings is 2. The first-order valence-corrected chi connectivity index (χ1v) is 12.5. The summed E-state index contributed by atoms with van der Waals surface area (Å²) in [7, 11) is 3.01. The minimum atomic E-state index is -0.550. The van der Waals surface area contributed by atoms with Crippen LogP contribution in [0.1, 0.15) is 61.1 Å². The number of rotatable bonds is 5. The van der Waals surface area contributed by atoms with Gasteiger partial charge in [-0.25, -0.2) is 14.3 Å². The summed E-state index contributed by atoms with van der Waals surface area (Å²) in [6.45, 7) is 8.65. The number of carbonyl (C=O) groups is 2. The smallest absolute Gasteiger partial charge is 0.410 e. The molecule has 1 aromatic heterocycles. The summed E-state index contributed by atoms with van der Waals surface area (Å²) in [5.74, 6) is 0.284. The van der Waals surface area contributed by atoms with E-state index in [1.165, 1.54) is 7.11 Å². The van der Waals surface area contributed by atoms with Crippen molar-refractivity contribution in [3.8, 4) is 22.7 Å². The molecule has 0 saturated carbocycles. The summed E-state index contributed by atoms with van der Waals surface area (Å²) in [5.41, 5.74) is 4.06. The first-order chi connectivity index (χ1) is 17.6. The van der Waals surface area contributed by atoms with Gasteiger partial charge in [-0.2, -0.15) is 5.10 Å². The maximum Gasteiger partial charge on any atom is 0.410 e. The fourth-order valence-electron chi connectivity index (χ4n) is 4.57. The van der Waals surface area contributed by atoms with E-state index in [2.05, 4.69) is 0 Å². The van der Waals surface area contributed by atoms with Crippen LogP contribution in [0.4, 0.5) is 4.79 Å². The van der Waals surface area contributed by atoms with Crippen molar-refractivity contribution in [2.75, 3.05) is 27.3 Å². The van der Waals surface area contributed by atoms with Crippen LogP contribution in [-0.2, 0) is 9.47 Å². The number of likely N-dealkylation sites (tertiary alicyclic amines) is 1.